The molecule has 0 unspecified atom stereocenters. The highest BCUT2D eigenvalue weighted by molar-refractivity contribution is 6.05. The summed E-state index contributed by atoms with van der Waals surface area (Å²) in [6.07, 6.45) is 3.07. The molecule has 2 aromatic carbocycles. The molecule has 124 valence electrons. The maximum absolute atomic E-state index is 13.2. The predicted molar refractivity (Wildman–Crippen MR) is 93.0 cm³/mol. The van der Waals surface area contributed by atoms with Crippen LogP contribution in [0, 0.1) is 5.82 Å². The van der Waals surface area contributed by atoms with Crippen LogP contribution in [0.1, 0.15) is 20.7 Å². The van der Waals surface area contributed by atoms with Gasteiger partial charge in [0.2, 0.25) is 0 Å². The second kappa shape index (κ2) is 7.35. The van der Waals surface area contributed by atoms with Crippen molar-refractivity contribution in [2.45, 2.75) is 0 Å². The molecular formula is C19H14FN3O2. The first kappa shape index (κ1) is 16.3. The third-order valence-electron chi connectivity index (χ3n) is 3.41. The van der Waals surface area contributed by atoms with Crippen LogP contribution in [0.3, 0.4) is 0 Å². The summed E-state index contributed by atoms with van der Waals surface area (Å²) in [4.78, 5) is 28.0. The van der Waals surface area contributed by atoms with Crippen LogP contribution in [0.15, 0.2) is 73.1 Å². The normalized spacial score (nSPS) is 10.1. The van der Waals surface area contributed by atoms with E-state index in [4.69, 9.17) is 0 Å². The minimum Gasteiger partial charge on any atom is -0.322 e. The first-order valence-corrected chi connectivity index (χ1v) is 7.50. The highest BCUT2D eigenvalue weighted by Gasteiger charge is 2.08. The van der Waals surface area contributed by atoms with Crippen molar-refractivity contribution in [3.05, 3.63) is 90.0 Å². The van der Waals surface area contributed by atoms with Crippen molar-refractivity contribution < 1.29 is 14.0 Å². The molecule has 25 heavy (non-hydrogen) atoms. The molecule has 6 heteroatoms. The van der Waals surface area contributed by atoms with Gasteiger partial charge >= 0.3 is 0 Å². The molecule has 2 amide bonds. The second-order valence-electron chi connectivity index (χ2n) is 5.24. The van der Waals surface area contributed by atoms with E-state index >= 15 is 0 Å². The molecule has 1 heterocycles. The second-order valence-corrected chi connectivity index (χ2v) is 5.24. The van der Waals surface area contributed by atoms with Crippen LogP contribution in [-0.2, 0) is 0 Å². The third kappa shape index (κ3) is 4.26. The van der Waals surface area contributed by atoms with Gasteiger partial charge in [-0.25, -0.2) is 4.39 Å². The highest BCUT2D eigenvalue weighted by atomic mass is 19.1. The van der Waals surface area contributed by atoms with E-state index in [2.05, 4.69) is 15.6 Å². The summed E-state index contributed by atoms with van der Waals surface area (Å²) in [7, 11) is 0. The number of hydrogen-bond donors (Lipinski definition) is 2. The van der Waals surface area contributed by atoms with E-state index in [1.807, 2.05) is 0 Å². The van der Waals surface area contributed by atoms with Gasteiger partial charge in [-0.3, -0.25) is 14.6 Å². The topological polar surface area (TPSA) is 71.1 Å². The molecule has 0 aliphatic rings. The van der Waals surface area contributed by atoms with Crippen molar-refractivity contribution in [3.8, 4) is 0 Å². The summed E-state index contributed by atoms with van der Waals surface area (Å²) >= 11 is 0. The van der Waals surface area contributed by atoms with Crippen molar-refractivity contribution in [3.63, 3.8) is 0 Å². The third-order valence-corrected chi connectivity index (χ3v) is 3.41. The van der Waals surface area contributed by atoms with Crippen LogP contribution in [0.2, 0.25) is 0 Å². The Kier molecular flexibility index (Phi) is 4.80. The summed E-state index contributed by atoms with van der Waals surface area (Å²) < 4.78 is 13.2. The Morgan fingerprint density at radius 3 is 1.96 bits per heavy atom. The Morgan fingerprint density at radius 1 is 0.800 bits per heavy atom. The zero-order valence-corrected chi connectivity index (χ0v) is 13.1. The lowest BCUT2D eigenvalue weighted by molar-refractivity contribution is 0.101. The number of aromatic nitrogens is 1. The Hall–Kier alpha value is -3.54. The monoisotopic (exact) mass is 335 g/mol. The molecule has 0 fully saturated rings. The van der Waals surface area contributed by atoms with Gasteiger partial charge in [0.05, 0.1) is 5.56 Å². The maximum Gasteiger partial charge on any atom is 0.257 e. The van der Waals surface area contributed by atoms with Crippen molar-refractivity contribution in [2.75, 3.05) is 10.6 Å². The molecule has 0 saturated carbocycles. The van der Waals surface area contributed by atoms with Gasteiger partial charge in [-0.05, 0) is 54.6 Å². The molecule has 0 bridgehead atoms. The number of nitrogens with one attached hydrogen (secondary N) is 2. The van der Waals surface area contributed by atoms with Crippen molar-refractivity contribution in [2.24, 2.45) is 0 Å². The minimum atomic E-state index is -0.471. The van der Waals surface area contributed by atoms with Crippen molar-refractivity contribution in [1.29, 1.82) is 0 Å². The molecule has 0 aliphatic heterocycles. The first-order valence-electron chi connectivity index (χ1n) is 7.50. The van der Waals surface area contributed by atoms with Gasteiger partial charge in [-0.15, -0.1) is 0 Å². The zero-order valence-electron chi connectivity index (χ0n) is 13.1. The number of pyridine rings is 1. The largest absolute Gasteiger partial charge is 0.322 e. The maximum atomic E-state index is 13.2. The summed E-state index contributed by atoms with van der Waals surface area (Å²) in [6.45, 7) is 0. The minimum absolute atomic E-state index is 0.231. The van der Waals surface area contributed by atoms with E-state index in [0.29, 0.717) is 16.9 Å². The fraction of sp³-hybridized carbons (Fsp3) is 0. The van der Waals surface area contributed by atoms with E-state index in [0.717, 1.165) is 6.07 Å². The number of nitrogens with zero attached hydrogens (tertiary/aromatic N) is 1. The van der Waals surface area contributed by atoms with E-state index in [1.165, 1.54) is 24.4 Å². The molecular weight excluding hydrogens is 321 g/mol. The van der Waals surface area contributed by atoms with Gasteiger partial charge in [-0.1, -0.05) is 6.07 Å². The summed E-state index contributed by atoms with van der Waals surface area (Å²) in [5, 5.41) is 5.41. The van der Waals surface area contributed by atoms with Crippen LogP contribution >= 0.6 is 0 Å². The number of halogens is 1. The van der Waals surface area contributed by atoms with Crippen LogP contribution < -0.4 is 10.6 Å². The quantitative estimate of drug-likeness (QED) is 0.763. The number of rotatable bonds is 4. The van der Waals surface area contributed by atoms with Crippen molar-refractivity contribution in [1.82, 2.24) is 4.98 Å². The average Bonchev–Trinajstić information content (AvgIpc) is 2.64. The molecule has 1 aromatic heterocycles. The van der Waals surface area contributed by atoms with Gasteiger partial charge in [0.15, 0.2) is 0 Å². The van der Waals surface area contributed by atoms with E-state index in [9.17, 15) is 14.0 Å². The van der Waals surface area contributed by atoms with E-state index in [1.54, 1.807) is 42.6 Å². The van der Waals surface area contributed by atoms with Crippen molar-refractivity contribution >= 4 is 23.2 Å². The van der Waals surface area contributed by atoms with Gasteiger partial charge in [0, 0.05) is 29.3 Å². The lowest BCUT2D eigenvalue weighted by atomic mass is 10.2. The zero-order chi connectivity index (χ0) is 17.6. The number of amides is 2. The Bertz CT molecular complexity index is 896. The molecule has 0 saturated heterocycles. The van der Waals surface area contributed by atoms with Crippen LogP contribution in [0.5, 0.6) is 0 Å². The van der Waals surface area contributed by atoms with Gasteiger partial charge in [0.1, 0.15) is 5.82 Å². The summed E-state index contributed by atoms with van der Waals surface area (Å²) in [6, 6.07) is 15.4. The standard InChI is InChI=1S/C19H14FN3O2/c20-15-5-1-3-13(11-15)18(24)22-16-6-8-17(9-7-16)23-19(25)14-4-2-10-21-12-14/h1-12H,(H,22,24)(H,23,25). The summed E-state index contributed by atoms with van der Waals surface area (Å²) in [5.41, 5.74) is 1.80. The van der Waals surface area contributed by atoms with Crippen LogP contribution in [-0.4, -0.2) is 16.8 Å². The van der Waals surface area contributed by atoms with Gasteiger partial charge < -0.3 is 10.6 Å². The molecule has 2 N–H and O–H groups in total. The molecule has 0 spiro atoms. The Balaban J connectivity index is 1.64. The molecule has 0 atom stereocenters. The summed E-state index contributed by atoms with van der Waals surface area (Å²) in [5.74, 6) is -1.16. The number of hydrogen-bond acceptors (Lipinski definition) is 3. The molecule has 5 nitrogen and oxygen atoms in total. The number of anilines is 2. The van der Waals surface area contributed by atoms with Crippen LogP contribution in [0.4, 0.5) is 15.8 Å². The smallest absolute Gasteiger partial charge is 0.257 e. The lowest BCUT2D eigenvalue weighted by Gasteiger charge is -2.08. The molecule has 3 rings (SSSR count). The van der Waals surface area contributed by atoms with Gasteiger partial charge in [0.25, 0.3) is 11.8 Å². The van der Waals surface area contributed by atoms with E-state index < -0.39 is 11.7 Å². The SMILES string of the molecule is O=C(Nc1ccc(NC(=O)c2cccc(F)c2)cc1)c1cccnc1. The fourth-order valence-corrected chi connectivity index (χ4v) is 2.17. The Morgan fingerprint density at radius 2 is 1.40 bits per heavy atom. The highest BCUT2D eigenvalue weighted by Crippen LogP contribution is 2.16. The number of benzene rings is 2. The predicted octanol–water partition coefficient (Wildman–Crippen LogP) is 3.73. The average molecular weight is 335 g/mol. The lowest BCUT2D eigenvalue weighted by Crippen LogP contribution is -2.13. The molecule has 3 aromatic rings. The van der Waals surface area contributed by atoms with Gasteiger partial charge in [-0.2, -0.15) is 0 Å². The van der Waals surface area contributed by atoms with Crippen LogP contribution in [0.25, 0.3) is 0 Å². The number of carbonyl (C=O) groups excluding carboxylic acids is 2. The number of carbonyl (C=O) groups is 2. The fourth-order valence-electron chi connectivity index (χ4n) is 2.17. The molecule has 0 aliphatic carbocycles. The van der Waals surface area contributed by atoms with E-state index in [-0.39, 0.29) is 11.5 Å². The molecule has 0 radical (unpaired) electrons. The first-order chi connectivity index (χ1) is 12.1. The Labute approximate surface area is 143 Å².